The van der Waals surface area contributed by atoms with E-state index in [0.717, 1.165) is 18.2 Å². The molecular formula is C17H28N2. The van der Waals surface area contributed by atoms with E-state index >= 15 is 0 Å². The minimum absolute atomic E-state index is 0.462. The molecule has 1 fully saturated rings. The second-order valence-electron chi connectivity index (χ2n) is 7.11. The van der Waals surface area contributed by atoms with Crippen LogP contribution in [-0.4, -0.2) is 18.0 Å². The molecule has 1 aromatic rings. The fourth-order valence-corrected chi connectivity index (χ4v) is 3.05. The van der Waals surface area contributed by atoms with Crippen LogP contribution in [-0.2, 0) is 6.54 Å². The van der Waals surface area contributed by atoms with Crippen molar-refractivity contribution in [1.29, 1.82) is 0 Å². The van der Waals surface area contributed by atoms with Crippen molar-refractivity contribution in [2.24, 2.45) is 11.3 Å². The van der Waals surface area contributed by atoms with Crippen LogP contribution in [0.2, 0.25) is 0 Å². The van der Waals surface area contributed by atoms with Gasteiger partial charge < -0.3 is 5.73 Å². The van der Waals surface area contributed by atoms with Crippen LogP contribution in [0.15, 0.2) is 18.2 Å². The number of benzene rings is 1. The zero-order valence-electron chi connectivity index (χ0n) is 12.9. The molecule has 0 aromatic heterocycles. The maximum Gasteiger partial charge on any atom is 0.0343 e. The fourth-order valence-electron chi connectivity index (χ4n) is 3.05. The van der Waals surface area contributed by atoms with Crippen LogP contribution in [0.5, 0.6) is 0 Å². The number of nitrogens with zero attached hydrogens (tertiary/aromatic N) is 1. The molecule has 0 bridgehead atoms. The first-order valence-electron chi connectivity index (χ1n) is 7.43. The predicted molar refractivity (Wildman–Crippen MR) is 83.0 cm³/mol. The van der Waals surface area contributed by atoms with Gasteiger partial charge in [-0.2, -0.15) is 0 Å². The molecule has 0 aliphatic carbocycles. The van der Waals surface area contributed by atoms with Gasteiger partial charge in [-0.25, -0.2) is 0 Å². The van der Waals surface area contributed by atoms with Crippen molar-refractivity contribution in [3.63, 3.8) is 0 Å². The summed E-state index contributed by atoms with van der Waals surface area (Å²) in [5.74, 6) is 0.872. The van der Waals surface area contributed by atoms with Gasteiger partial charge in [-0.05, 0) is 61.4 Å². The van der Waals surface area contributed by atoms with E-state index in [4.69, 9.17) is 5.73 Å². The molecule has 0 saturated carbocycles. The van der Waals surface area contributed by atoms with Crippen molar-refractivity contribution in [1.82, 2.24) is 4.90 Å². The number of rotatable bonds is 2. The van der Waals surface area contributed by atoms with Gasteiger partial charge in [0.15, 0.2) is 0 Å². The quantitative estimate of drug-likeness (QED) is 0.819. The smallest absolute Gasteiger partial charge is 0.0343 e. The highest BCUT2D eigenvalue weighted by atomic mass is 15.1. The first kappa shape index (κ1) is 14.4. The summed E-state index contributed by atoms with van der Waals surface area (Å²) in [7, 11) is 0. The van der Waals surface area contributed by atoms with E-state index in [1.807, 2.05) is 6.07 Å². The van der Waals surface area contributed by atoms with Crippen LogP contribution in [0.1, 0.15) is 44.7 Å². The summed E-state index contributed by atoms with van der Waals surface area (Å²) in [6.45, 7) is 12.7. The lowest BCUT2D eigenvalue weighted by Crippen LogP contribution is -2.37. The maximum absolute atomic E-state index is 5.87. The lowest BCUT2D eigenvalue weighted by molar-refractivity contribution is 0.108. The Morgan fingerprint density at radius 1 is 1.21 bits per heavy atom. The monoisotopic (exact) mass is 260 g/mol. The predicted octanol–water partition coefficient (Wildman–Crippen LogP) is 3.84. The van der Waals surface area contributed by atoms with Crippen LogP contribution in [0, 0.1) is 18.3 Å². The van der Waals surface area contributed by atoms with Crippen LogP contribution in [0.4, 0.5) is 5.69 Å². The van der Waals surface area contributed by atoms with Crippen molar-refractivity contribution >= 4 is 5.69 Å². The first-order valence-corrected chi connectivity index (χ1v) is 7.43. The molecule has 2 N–H and O–H groups in total. The molecule has 19 heavy (non-hydrogen) atoms. The highest BCUT2D eigenvalue weighted by Crippen LogP contribution is 2.34. The summed E-state index contributed by atoms with van der Waals surface area (Å²) < 4.78 is 0. The van der Waals surface area contributed by atoms with Crippen molar-refractivity contribution in [2.45, 2.75) is 47.1 Å². The van der Waals surface area contributed by atoms with Gasteiger partial charge in [-0.1, -0.05) is 32.9 Å². The summed E-state index contributed by atoms with van der Waals surface area (Å²) in [6.07, 6.45) is 2.66. The molecule has 0 atom stereocenters. The summed E-state index contributed by atoms with van der Waals surface area (Å²) in [4.78, 5) is 2.58. The molecule has 0 spiro atoms. The average Bonchev–Trinajstić information content (AvgIpc) is 2.33. The first-order chi connectivity index (χ1) is 8.86. The topological polar surface area (TPSA) is 29.3 Å². The van der Waals surface area contributed by atoms with Gasteiger partial charge in [0.25, 0.3) is 0 Å². The van der Waals surface area contributed by atoms with Gasteiger partial charge in [-0.15, -0.1) is 0 Å². The zero-order chi connectivity index (χ0) is 14.0. The van der Waals surface area contributed by atoms with E-state index in [1.165, 1.54) is 37.1 Å². The van der Waals surface area contributed by atoms with Gasteiger partial charge in [0.2, 0.25) is 0 Å². The molecule has 106 valence electrons. The molecule has 2 heteroatoms. The van der Waals surface area contributed by atoms with Crippen LogP contribution in [0.3, 0.4) is 0 Å². The van der Waals surface area contributed by atoms with Crippen LogP contribution < -0.4 is 5.73 Å². The molecular weight excluding hydrogens is 232 g/mol. The molecule has 0 unspecified atom stereocenters. The largest absolute Gasteiger partial charge is 0.399 e. The molecule has 0 amide bonds. The van der Waals surface area contributed by atoms with Crippen molar-refractivity contribution < 1.29 is 0 Å². The number of nitrogens with two attached hydrogens (primary N) is 1. The molecule has 1 aliphatic rings. The number of piperidine rings is 1. The lowest BCUT2D eigenvalue weighted by atomic mass is 9.75. The number of likely N-dealkylation sites (tertiary alicyclic amines) is 1. The Balaban J connectivity index is 1.90. The van der Waals surface area contributed by atoms with Gasteiger partial charge in [-0.3, -0.25) is 4.90 Å². The number of hydrogen-bond donors (Lipinski definition) is 1. The minimum Gasteiger partial charge on any atom is -0.399 e. The third-order valence-corrected chi connectivity index (χ3v) is 4.55. The van der Waals surface area contributed by atoms with E-state index in [-0.39, 0.29) is 0 Å². The molecule has 1 aliphatic heterocycles. The average molecular weight is 260 g/mol. The second-order valence-corrected chi connectivity index (χ2v) is 7.11. The summed E-state index contributed by atoms with van der Waals surface area (Å²) >= 11 is 0. The minimum atomic E-state index is 0.462. The van der Waals surface area contributed by atoms with Crippen molar-refractivity contribution in [3.05, 3.63) is 29.3 Å². The zero-order valence-corrected chi connectivity index (χ0v) is 12.9. The number of aryl methyl sites for hydroxylation is 1. The van der Waals surface area contributed by atoms with Gasteiger partial charge in [0, 0.05) is 12.2 Å². The van der Waals surface area contributed by atoms with E-state index in [0.29, 0.717) is 5.41 Å². The standard InChI is InChI=1S/C17H28N2/c1-13-11-14(5-6-16(13)18)12-19-9-7-15(8-10-19)17(2,3)4/h5-6,11,15H,7-10,12,18H2,1-4H3. The Morgan fingerprint density at radius 3 is 2.37 bits per heavy atom. The molecule has 0 radical (unpaired) electrons. The fraction of sp³-hybridized carbons (Fsp3) is 0.647. The van der Waals surface area contributed by atoms with Crippen LogP contribution in [0.25, 0.3) is 0 Å². The summed E-state index contributed by atoms with van der Waals surface area (Å²) in [6, 6.07) is 6.43. The highest BCUT2D eigenvalue weighted by Gasteiger charge is 2.28. The molecule has 1 saturated heterocycles. The van der Waals surface area contributed by atoms with E-state index in [1.54, 1.807) is 0 Å². The SMILES string of the molecule is Cc1cc(CN2CCC(C(C)(C)C)CC2)ccc1N. The van der Waals surface area contributed by atoms with Crippen molar-refractivity contribution in [2.75, 3.05) is 18.8 Å². The van der Waals surface area contributed by atoms with E-state index in [9.17, 15) is 0 Å². The van der Waals surface area contributed by atoms with Gasteiger partial charge in [0.05, 0.1) is 0 Å². The van der Waals surface area contributed by atoms with Crippen LogP contribution >= 0.6 is 0 Å². The third kappa shape index (κ3) is 3.73. The van der Waals surface area contributed by atoms with E-state index in [2.05, 4.69) is 44.7 Å². The third-order valence-electron chi connectivity index (χ3n) is 4.55. The van der Waals surface area contributed by atoms with Gasteiger partial charge >= 0.3 is 0 Å². The van der Waals surface area contributed by atoms with Gasteiger partial charge in [0.1, 0.15) is 0 Å². The molecule has 1 heterocycles. The van der Waals surface area contributed by atoms with E-state index < -0.39 is 0 Å². The lowest BCUT2D eigenvalue weighted by Gasteiger charge is -2.38. The summed E-state index contributed by atoms with van der Waals surface area (Å²) in [5, 5.41) is 0. The Bertz CT molecular complexity index is 423. The second kappa shape index (κ2) is 5.54. The Morgan fingerprint density at radius 2 is 1.84 bits per heavy atom. The number of hydrogen-bond acceptors (Lipinski definition) is 2. The Hall–Kier alpha value is -1.02. The van der Waals surface area contributed by atoms with Crippen molar-refractivity contribution in [3.8, 4) is 0 Å². The molecule has 1 aromatic carbocycles. The molecule has 2 nitrogen and oxygen atoms in total. The summed E-state index contributed by atoms with van der Waals surface area (Å²) in [5.41, 5.74) is 9.82. The molecule has 2 rings (SSSR count). The Kier molecular flexibility index (Phi) is 4.19. The highest BCUT2D eigenvalue weighted by molar-refractivity contribution is 5.47. The number of anilines is 1. The normalized spacial score (nSPS) is 18.7. The number of nitrogen functional groups attached to an aromatic ring is 1. The maximum atomic E-state index is 5.87. The Labute approximate surface area is 118 Å².